The van der Waals surface area contributed by atoms with Crippen LogP contribution in [-0.4, -0.2) is 35.9 Å². The van der Waals surface area contributed by atoms with Gasteiger partial charge < -0.3 is 5.32 Å². The molecule has 1 aromatic heterocycles. The highest BCUT2D eigenvalue weighted by Gasteiger charge is 2.35. The molecule has 3 rings (SSSR count). The van der Waals surface area contributed by atoms with Crippen LogP contribution in [0.3, 0.4) is 0 Å². The molecule has 164 valence electrons. The van der Waals surface area contributed by atoms with Gasteiger partial charge in [0, 0.05) is 18.7 Å². The van der Waals surface area contributed by atoms with E-state index in [4.69, 9.17) is 0 Å². The molecule has 1 aromatic rings. The number of nitrogens with one attached hydrogen (secondary N) is 1. The maximum Gasteiger partial charge on any atom is 0.417 e. The number of hydrogen-bond acceptors (Lipinski definition) is 4. The average Bonchev–Trinajstić information content (AvgIpc) is 2.66. The van der Waals surface area contributed by atoms with Crippen molar-refractivity contribution in [3.8, 4) is 0 Å². The molecule has 2 aliphatic rings. The minimum atomic E-state index is -4.62. The van der Waals surface area contributed by atoms with Crippen LogP contribution in [0.25, 0.3) is 0 Å². The molecule has 1 N–H and O–H groups in total. The molecule has 0 radical (unpaired) electrons. The van der Waals surface area contributed by atoms with Gasteiger partial charge in [0.2, 0.25) is 0 Å². The van der Waals surface area contributed by atoms with Crippen LogP contribution in [0.4, 0.5) is 18.9 Å². The lowest BCUT2D eigenvalue weighted by atomic mass is 9.80. The number of alkyl halides is 3. The second-order valence-corrected chi connectivity index (χ2v) is 9.08. The Morgan fingerprint density at radius 1 is 1.23 bits per heavy atom. The summed E-state index contributed by atoms with van der Waals surface area (Å²) in [7, 11) is -4.11. The van der Waals surface area contributed by atoms with Gasteiger partial charge in [-0.1, -0.05) is 19.8 Å². The number of likely N-dealkylation sites (N-methyl/N-ethyl adjacent to an activating group) is 1. The predicted molar refractivity (Wildman–Crippen MR) is 106 cm³/mol. The van der Waals surface area contributed by atoms with E-state index in [9.17, 15) is 26.4 Å². The molecule has 0 saturated heterocycles. The van der Waals surface area contributed by atoms with Gasteiger partial charge in [-0.05, 0) is 37.8 Å². The number of pyridine rings is 1. The largest absolute Gasteiger partial charge is 0.417 e. The van der Waals surface area contributed by atoms with Crippen LogP contribution in [0.5, 0.6) is 0 Å². The number of allylic oxidation sites excluding steroid dienone is 1. The van der Waals surface area contributed by atoms with Gasteiger partial charge in [-0.3, -0.25) is 9.78 Å². The number of anilines is 1. The van der Waals surface area contributed by atoms with Crippen molar-refractivity contribution >= 4 is 27.5 Å². The first kappa shape index (κ1) is 22.3. The van der Waals surface area contributed by atoms with Crippen molar-refractivity contribution in [2.45, 2.75) is 45.7 Å². The van der Waals surface area contributed by atoms with Crippen LogP contribution in [0, 0.1) is 11.8 Å². The third kappa shape index (κ3) is 4.82. The molecule has 1 aliphatic heterocycles. The van der Waals surface area contributed by atoms with Gasteiger partial charge in [-0.15, -0.1) is 4.40 Å². The zero-order chi connectivity index (χ0) is 22.1. The molecule has 1 aliphatic carbocycles. The fourth-order valence-corrected chi connectivity index (χ4v) is 4.94. The van der Waals surface area contributed by atoms with E-state index in [1.807, 2.05) is 0 Å². The maximum absolute atomic E-state index is 12.9. The lowest BCUT2D eigenvalue weighted by Gasteiger charge is -2.31. The van der Waals surface area contributed by atoms with Crippen molar-refractivity contribution in [3.05, 3.63) is 35.8 Å². The molecule has 0 atom stereocenters. The van der Waals surface area contributed by atoms with Gasteiger partial charge in [0.1, 0.15) is 5.70 Å². The van der Waals surface area contributed by atoms with Gasteiger partial charge in [0.05, 0.1) is 23.2 Å². The fraction of sp³-hybridized carbons (Fsp3) is 0.526. The molecule has 0 bridgehead atoms. The van der Waals surface area contributed by atoms with E-state index in [2.05, 4.69) is 21.6 Å². The van der Waals surface area contributed by atoms with Crippen LogP contribution in [0.2, 0.25) is 0 Å². The monoisotopic (exact) mass is 444 g/mol. The smallest absolute Gasteiger partial charge is 0.319 e. The predicted octanol–water partition coefficient (Wildman–Crippen LogP) is 3.77. The molecule has 0 spiro atoms. The fourth-order valence-electron chi connectivity index (χ4n) is 3.66. The normalized spacial score (nSPS) is 24.1. The molecule has 0 unspecified atom stereocenters. The topological polar surface area (TPSA) is 91.7 Å². The zero-order valence-corrected chi connectivity index (χ0v) is 17.4. The Hall–Kier alpha value is -2.43. The maximum atomic E-state index is 12.9. The van der Waals surface area contributed by atoms with Crippen LogP contribution in [0.15, 0.2) is 34.6 Å². The number of carbonyl (C=O) groups is 1. The minimum absolute atomic E-state index is 0.0408. The van der Waals surface area contributed by atoms with E-state index < -0.39 is 27.9 Å². The van der Waals surface area contributed by atoms with Crippen molar-refractivity contribution in [2.24, 2.45) is 16.2 Å². The summed E-state index contributed by atoms with van der Waals surface area (Å²) in [5, 5.41) is 2.33. The summed E-state index contributed by atoms with van der Waals surface area (Å²) in [6.45, 7) is 3.64. The van der Waals surface area contributed by atoms with Crippen molar-refractivity contribution in [1.82, 2.24) is 9.29 Å². The summed E-state index contributed by atoms with van der Waals surface area (Å²) in [5.74, 6) is -0.361. The second kappa shape index (κ2) is 8.37. The second-order valence-electron chi connectivity index (χ2n) is 7.56. The number of nitrogens with zero attached hydrogens (tertiary/aromatic N) is 3. The number of amides is 1. The number of halogens is 3. The van der Waals surface area contributed by atoms with E-state index in [0.29, 0.717) is 17.8 Å². The van der Waals surface area contributed by atoms with E-state index in [-0.39, 0.29) is 23.8 Å². The van der Waals surface area contributed by atoms with Crippen molar-refractivity contribution in [3.63, 3.8) is 0 Å². The molecule has 11 heteroatoms. The van der Waals surface area contributed by atoms with Crippen molar-refractivity contribution < 1.29 is 26.4 Å². The summed E-state index contributed by atoms with van der Waals surface area (Å²) < 4.78 is 68.7. The highest BCUT2D eigenvalue weighted by Crippen LogP contribution is 2.33. The molecule has 0 aromatic carbocycles. The van der Waals surface area contributed by atoms with Crippen LogP contribution < -0.4 is 5.32 Å². The summed E-state index contributed by atoms with van der Waals surface area (Å²) in [6.07, 6.45) is 1.94. The van der Waals surface area contributed by atoms with Crippen molar-refractivity contribution in [2.75, 3.05) is 11.9 Å². The molecular formula is C19H23F3N4O3S. The van der Waals surface area contributed by atoms with Gasteiger partial charge >= 0.3 is 16.4 Å². The molecule has 1 fully saturated rings. The Morgan fingerprint density at radius 2 is 1.90 bits per heavy atom. The first-order valence-electron chi connectivity index (χ1n) is 9.69. The third-order valence-electron chi connectivity index (χ3n) is 5.33. The number of aromatic nitrogens is 1. The molecule has 1 saturated carbocycles. The molecule has 30 heavy (non-hydrogen) atoms. The van der Waals surface area contributed by atoms with E-state index in [0.717, 1.165) is 42.3 Å². The number of hydrogen-bond donors (Lipinski definition) is 1. The standard InChI is InChI=1S/C19H23F3N4O3S/c1-3-26-17(18(27)24-15-8-14(10-23-11-15)19(20,21)22)9-16(25-30(26,28)29)13-6-4-12(2)5-7-13/h8-13H,3-7H2,1-2H3,(H,24,27). The van der Waals surface area contributed by atoms with Crippen LogP contribution >= 0.6 is 0 Å². The first-order chi connectivity index (χ1) is 14.0. The lowest BCUT2D eigenvalue weighted by molar-refractivity contribution is -0.137. The summed E-state index contributed by atoms with van der Waals surface area (Å²) >= 11 is 0. The Bertz CT molecular complexity index is 981. The van der Waals surface area contributed by atoms with Gasteiger partial charge in [0.15, 0.2) is 0 Å². The van der Waals surface area contributed by atoms with Gasteiger partial charge in [0.25, 0.3) is 5.91 Å². The minimum Gasteiger partial charge on any atom is -0.319 e. The van der Waals surface area contributed by atoms with E-state index >= 15 is 0 Å². The molecule has 2 heterocycles. The zero-order valence-electron chi connectivity index (χ0n) is 16.6. The quantitative estimate of drug-likeness (QED) is 0.765. The Morgan fingerprint density at radius 3 is 2.50 bits per heavy atom. The lowest BCUT2D eigenvalue weighted by Crippen LogP contribution is -2.39. The summed E-state index contributed by atoms with van der Waals surface area (Å²) in [4.78, 5) is 16.3. The van der Waals surface area contributed by atoms with Gasteiger partial charge in [-0.2, -0.15) is 21.6 Å². The Kier molecular flexibility index (Phi) is 6.21. The van der Waals surface area contributed by atoms with E-state index in [1.54, 1.807) is 6.92 Å². The Balaban J connectivity index is 1.89. The Labute approximate surface area is 173 Å². The third-order valence-corrected chi connectivity index (χ3v) is 6.78. The summed E-state index contributed by atoms with van der Waals surface area (Å²) in [6, 6.07) is 0.747. The summed E-state index contributed by atoms with van der Waals surface area (Å²) in [5.41, 5.74) is -1.05. The first-order valence-corrected chi connectivity index (χ1v) is 11.1. The van der Waals surface area contributed by atoms with E-state index in [1.165, 1.54) is 6.08 Å². The number of rotatable bonds is 4. The number of carbonyl (C=O) groups excluding carboxylic acids is 1. The van der Waals surface area contributed by atoms with Crippen LogP contribution in [-0.2, 0) is 21.2 Å². The molecule has 7 nitrogen and oxygen atoms in total. The average molecular weight is 444 g/mol. The van der Waals surface area contributed by atoms with Crippen LogP contribution in [0.1, 0.15) is 45.1 Å². The molecule has 1 amide bonds. The SMILES string of the molecule is CCN1C(C(=O)Nc2cncc(C(F)(F)F)c2)=CC(C2CCC(C)CC2)=NS1(=O)=O. The highest BCUT2D eigenvalue weighted by atomic mass is 32.2. The van der Waals surface area contributed by atoms with Crippen molar-refractivity contribution in [1.29, 1.82) is 0 Å². The molecular weight excluding hydrogens is 421 g/mol. The van der Waals surface area contributed by atoms with Gasteiger partial charge in [-0.25, -0.2) is 4.31 Å². The highest BCUT2D eigenvalue weighted by molar-refractivity contribution is 7.88.